The first kappa shape index (κ1) is 108. The van der Waals surface area contributed by atoms with Gasteiger partial charge in [-0.25, -0.2) is 0 Å². The zero-order chi connectivity index (χ0) is 101. The van der Waals surface area contributed by atoms with Crippen LogP contribution in [0.2, 0.25) is 0 Å². The second kappa shape index (κ2) is 54.3. The molecule has 0 bridgehead atoms. The molecule has 20 unspecified atom stereocenters. The van der Waals surface area contributed by atoms with Crippen molar-refractivity contribution in [1.82, 2.24) is 0 Å². The van der Waals surface area contributed by atoms with Gasteiger partial charge in [-0.2, -0.15) is 0 Å². The highest BCUT2D eigenvalue weighted by Gasteiger charge is 2.46. The first-order valence-electron chi connectivity index (χ1n) is 56.6. The molecule has 150 heavy (non-hydrogen) atoms. The SMILES string of the molecule is C1CC1COC(COCC1CO1)COCC1CO1.CCC(COCC1CC1)(COCC1CO1)COCC1CO1.O=C(CCCCC(=O)OCC1CCC2OC2C1)OCC1CCC2CC2C1.c1cc(C(c2ccc(OCC3CO3)cc2)c2ccc(OCC3CO3)cc2)ccc1CCC1CO1.c1cc(N(CC2CO2)CC2CO2)ccc1Cc1ccc(N(CC2CO2)CC2CO2)cc1.c1cc(N(CC2CO2)CC2CO2)ccc1OCC1CO1. The number of epoxide rings is 15. The van der Waals surface area contributed by atoms with E-state index >= 15 is 0 Å². The number of carbonyl (C=O) groups excluding carboxylic acids is 2. The first-order chi connectivity index (χ1) is 73.8. The molecule has 15 aliphatic heterocycles. The number of aryl methyl sites for hydroxylation is 1. The summed E-state index contributed by atoms with van der Waals surface area (Å²) in [6, 6.07) is 52.1. The second-order valence-electron chi connectivity index (χ2n) is 45.1. The van der Waals surface area contributed by atoms with Gasteiger partial charge in [0, 0.05) is 93.7 Å². The Morgan fingerprint density at radius 1 is 0.320 bits per heavy atom. The summed E-state index contributed by atoms with van der Waals surface area (Å²) in [6.07, 6.45) is 25.8. The Hall–Kier alpha value is -7.78. The maximum atomic E-state index is 11.8. The smallest absolute Gasteiger partial charge is 0.305 e. The molecule has 0 aromatic heterocycles. The monoisotopic (exact) mass is 2080 g/mol. The molecule has 15 saturated heterocycles. The molecule has 6 aromatic carbocycles. The van der Waals surface area contributed by atoms with Crippen molar-refractivity contribution in [3.63, 3.8) is 0 Å². The number of unbranched alkanes of at least 4 members (excludes halogenated alkanes) is 1. The number of rotatable bonds is 65. The van der Waals surface area contributed by atoms with Crippen LogP contribution >= 0.6 is 0 Å². The number of anilines is 3. The van der Waals surface area contributed by atoms with E-state index in [0.29, 0.717) is 209 Å². The molecule has 6 aromatic rings. The Morgan fingerprint density at radius 2 is 0.653 bits per heavy atom. The fraction of sp³-hybridized carbons (Fsp3) is 0.681. The van der Waals surface area contributed by atoms with Crippen molar-refractivity contribution in [2.45, 2.75) is 239 Å². The van der Waals surface area contributed by atoms with Crippen LogP contribution in [0, 0.1) is 40.9 Å². The summed E-state index contributed by atoms with van der Waals surface area (Å²) in [5.74, 6) is 7.03. The Labute approximate surface area is 884 Å². The zero-order valence-corrected chi connectivity index (χ0v) is 87.9. The molecule has 20 fully saturated rings. The number of ether oxygens (including phenoxy) is 26. The zero-order valence-electron chi connectivity index (χ0n) is 87.9. The average Bonchev–Trinajstić information content (AvgIpc) is 1.24. The van der Waals surface area contributed by atoms with Crippen LogP contribution in [0.4, 0.5) is 17.1 Å². The van der Waals surface area contributed by atoms with Gasteiger partial charge in [0.25, 0.3) is 0 Å². The van der Waals surface area contributed by atoms with Gasteiger partial charge < -0.3 is 138 Å². The van der Waals surface area contributed by atoms with Crippen molar-refractivity contribution in [2.75, 3.05) is 252 Å². The molecule has 26 rings (SSSR count). The topological polar surface area (TPSA) is 333 Å². The van der Waals surface area contributed by atoms with Crippen LogP contribution in [0.25, 0.3) is 0 Å². The van der Waals surface area contributed by atoms with E-state index in [1.54, 1.807) is 0 Å². The third-order valence-electron chi connectivity index (χ3n) is 31.0. The van der Waals surface area contributed by atoms with Gasteiger partial charge in [0.2, 0.25) is 0 Å². The van der Waals surface area contributed by atoms with E-state index in [1.165, 1.54) is 102 Å². The molecule has 0 spiro atoms. The number of hydrogen-bond acceptors (Lipinski definition) is 31. The third-order valence-corrected chi connectivity index (χ3v) is 31.0. The highest BCUT2D eigenvalue weighted by molar-refractivity contribution is 5.70. The number of hydrogen-bond donors (Lipinski definition) is 0. The molecule has 31 nitrogen and oxygen atoms in total. The summed E-state index contributed by atoms with van der Waals surface area (Å²) in [7, 11) is 0. The molecule has 20 aliphatic rings. The van der Waals surface area contributed by atoms with Gasteiger partial charge in [0.15, 0.2) is 0 Å². The molecule has 820 valence electrons. The minimum absolute atomic E-state index is 0.0430. The van der Waals surface area contributed by atoms with Gasteiger partial charge in [0.05, 0.1) is 220 Å². The van der Waals surface area contributed by atoms with Crippen LogP contribution in [0.5, 0.6) is 17.2 Å². The molecular weight excluding hydrogens is 1920 g/mol. The van der Waals surface area contributed by atoms with Gasteiger partial charge in [-0.15, -0.1) is 0 Å². The Kier molecular flexibility index (Phi) is 39.0. The van der Waals surface area contributed by atoms with Crippen molar-refractivity contribution in [2.24, 2.45) is 40.9 Å². The van der Waals surface area contributed by atoms with Crippen LogP contribution in [-0.4, -0.2) is 353 Å². The largest absolute Gasteiger partial charge is 0.491 e. The summed E-state index contributed by atoms with van der Waals surface area (Å²) in [6.45, 7) is 30.6. The number of benzene rings is 6. The van der Waals surface area contributed by atoms with Crippen LogP contribution in [0.3, 0.4) is 0 Å². The predicted molar refractivity (Wildman–Crippen MR) is 558 cm³/mol. The van der Waals surface area contributed by atoms with E-state index in [9.17, 15) is 9.59 Å². The lowest BCUT2D eigenvalue weighted by Crippen LogP contribution is -2.38. The Bertz CT molecular complexity index is 4620. The first-order valence-corrected chi connectivity index (χ1v) is 56.6. The van der Waals surface area contributed by atoms with Crippen LogP contribution < -0.4 is 28.9 Å². The van der Waals surface area contributed by atoms with Gasteiger partial charge in [-0.3, -0.25) is 9.59 Å². The summed E-state index contributed by atoms with van der Waals surface area (Å²) in [5, 5.41) is 0. The van der Waals surface area contributed by atoms with Gasteiger partial charge >= 0.3 is 11.9 Å². The minimum Gasteiger partial charge on any atom is -0.491 e. The van der Waals surface area contributed by atoms with Gasteiger partial charge in [0.1, 0.15) is 85.9 Å². The molecule has 20 atom stereocenters. The minimum atomic E-state index is -0.140. The molecule has 5 saturated carbocycles. The third kappa shape index (κ3) is 40.1. The molecule has 0 N–H and O–H groups in total. The lowest BCUT2D eigenvalue weighted by atomic mass is 9.84. The number of fused-ring (bicyclic) bond motifs is 2. The lowest BCUT2D eigenvalue weighted by Gasteiger charge is -2.32. The maximum absolute atomic E-state index is 11.8. The van der Waals surface area contributed by atoms with E-state index in [0.717, 1.165) is 237 Å². The average molecular weight is 2080 g/mol. The molecule has 0 amide bonds. The van der Waals surface area contributed by atoms with Gasteiger partial charge in [-0.05, 0) is 251 Å². The maximum Gasteiger partial charge on any atom is 0.305 e. The van der Waals surface area contributed by atoms with Crippen molar-refractivity contribution >= 4 is 29.0 Å². The van der Waals surface area contributed by atoms with E-state index in [2.05, 4.69) is 155 Å². The van der Waals surface area contributed by atoms with E-state index in [1.807, 2.05) is 12.1 Å². The molecule has 5 aliphatic carbocycles. The number of nitrogens with zero attached hydrogens (tertiary/aromatic N) is 3. The standard InChI is InChI=1S/C29H30O5.C25H30N2O4.C21H32O5.C16H28O5.C15H19NO4.C13H22O5/c1-4-21(5-2-20(1)3-10-26-15-32-26)29(22-6-11-24(12-7-22)30-16-27-18-33-27)23-8-13-25(14-9-23)31-17-28-19-34-28;1-5-20(26(10-22-14-28-22)11-23-15-29-23)6-2-18(1)9-19-3-7-21(8-4-19)27(12-24-16-30-24)13-25-17-31-25;22-20(24-12-14-5-7-16-11-17(16)9-14)3-1-2-4-21(23)25-13-15-6-8-18-19(10-15)26-18;1-2-16(10-17-5-13-3-4-13,11-18-6-14-8-20-14)12-19-7-15-9-21-15;1-3-12(17-9-15-10-20-15)4-2-11(1)16(5-13-7-18-13)6-14-8-19-14;1-2-10(1)3-16-11(4-14-6-12-8-17-12)5-15-7-13-9-18-13/h1-2,4-9,11-14,26-29H,3,10,15-19H2;1-8,22-25H,9-17H2;14-19H,1-13H2;13-15H,2-12H2,1H3;1-4,13-15H,5-10H2;10-13H,1-9H2. The number of carbonyl (C=O) groups is 2. The van der Waals surface area contributed by atoms with Crippen molar-refractivity contribution in [3.05, 3.63) is 179 Å². The van der Waals surface area contributed by atoms with Crippen molar-refractivity contribution in [1.29, 1.82) is 0 Å². The lowest BCUT2D eigenvalue weighted by molar-refractivity contribution is -0.147. The number of esters is 2. The molecule has 0 radical (unpaired) electrons. The Morgan fingerprint density at radius 3 is 1.03 bits per heavy atom. The van der Waals surface area contributed by atoms with E-state index in [-0.39, 0.29) is 41.6 Å². The quantitative estimate of drug-likeness (QED) is 0.0148. The van der Waals surface area contributed by atoms with E-state index < -0.39 is 0 Å². The predicted octanol–water partition coefficient (Wildman–Crippen LogP) is 14.2. The summed E-state index contributed by atoms with van der Waals surface area (Å²) >= 11 is 0. The molecular formula is C119H161N3O28. The summed E-state index contributed by atoms with van der Waals surface area (Å²) in [5.41, 5.74) is 11.4. The van der Waals surface area contributed by atoms with Crippen LogP contribution in [0.1, 0.15) is 155 Å². The van der Waals surface area contributed by atoms with Crippen LogP contribution in [-0.2, 0) is 131 Å². The van der Waals surface area contributed by atoms with Gasteiger partial charge in [-0.1, -0.05) is 79.7 Å². The fourth-order valence-corrected chi connectivity index (χ4v) is 19.4. The highest BCUT2D eigenvalue weighted by atomic mass is 16.7. The van der Waals surface area contributed by atoms with E-state index in [4.69, 9.17) is 123 Å². The summed E-state index contributed by atoms with van der Waals surface area (Å²) in [4.78, 5) is 30.8. The summed E-state index contributed by atoms with van der Waals surface area (Å²) < 4.78 is 142. The molecule has 31 heteroatoms. The normalized spacial score (nSPS) is 29.4. The fourth-order valence-electron chi connectivity index (χ4n) is 19.4. The highest BCUT2D eigenvalue weighted by Crippen LogP contribution is 2.52. The Balaban J connectivity index is 0.000000107. The van der Waals surface area contributed by atoms with Crippen molar-refractivity contribution in [3.8, 4) is 17.2 Å². The van der Waals surface area contributed by atoms with Crippen molar-refractivity contribution < 1.29 is 133 Å². The second-order valence-corrected chi connectivity index (χ2v) is 45.1. The van der Waals surface area contributed by atoms with Crippen LogP contribution in [0.15, 0.2) is 146 Å². The molecule has 15 heterocycles.